The number of fused-ring (bicyclic) bond motifs is 1. The highest BCUT2D eigenvalue weighted by atomic mass is 35.5. The number of piperidine rings is 1. The molecule has 3 unspecified atom stereocenters. The number of carbonyl (C=O) groups excluding carboxylic acids is 1. The number of halogens is 2. The fourth-order valence-corrected chi connectivity index (χ4v) is 5.42. The SMILES string of the molecule is CC(Oc1ccc2c(-c3ccc(F)cc3Cl)ccnc2c1)C(=O)N1CCCC2(CC2C(=O)O)C1. The smallest absolute Gasteiger partial charge is 0.307 e. The summed E-state index contributed by atoms with van der Waals surface area (Å²) >= 11 is 6.26. The Morgan fingerprint density at radius 1 is 1.24 bits per heavy atom. The molecule has 8 heteroatoms. The Morgan fingerprint density at radius 3 is 2.79 bits per heavy atom. The third-order valence-electron chi connectivity index (χ3n) is 7.00. The highest BCUT2D eigenvalue weighted by Crippen LogP contribution is 2.58. The summed E-state index contributed by atoms with van der Waals surface area (Å²) in [5, 5.41) is 10.5. The van der Waals surface area contributed by atoms with Crippen LogP contribution in [0.3, 0.4) is 0 Å². The number of carboxylic acid groups (broad SMARTS) is 1. The summed E-state index contributed by atoms with van der Waals surface area (Å²) in [4.78, 5) is 30.6. The van der Waals surface area contributed by atoms with Gasteiger partial charge < -0.3 is 14.7 Å². The largest absolute Gasteiger partial charge is 0.481 e. The predicted octanol–water partition coefficient (Wildman–Crippen LogP) is 5.17. The van der Waals surface area contributed by atoms with E-state index < -0.39 is 17.9 Å². The van der Waals surface area contributed by atoms with Crippen LogP contribution in [-0.2, 0) is 9.59 Å². The summed E-state index contributed by atoms with van der Waals surface area (Å²) < 4.78 is 19.4. The van der Waals surface area contributed by atoms with Crippen LogP contribution in [0.1, 0.15) is 26.2 Å². The van der Waals surface area contributed by atoms with E-state index in [2.05, 4.69) is 4.98 Å². The maximum absolute atomic E-state index is 13.5. The second-order valence-electron chi connectivity index (χ2n) is 9.24. The molecule has 6 nitrogen and oxygen atoms in total. The lowest BCUT2D eigenvalue weighted by Gasteiger charge is -2.35. The van der Waals surface area contributed by atoms with E-state index >= 15 is 0 Å². The van der Waals surface area contributed by atoms with Crippen molar-refractivity contribution in [2.24, 2.45) is 11.3 Å². The van der Waals surface area contributed by atoms with Crippen molar-refractivity contribution in [2.75, 3.05) is 13.1 Å². The normalized spacial score (nSPS) is 22.6. The lowest BCUT2D eigenvalue weighted by molar-refractivity contribution is -0.143. The Bertz CT molecular complexity index is 1300. The molecule has 2 aromatic carbocycles. The van der Waals surface area contributed by atoms with Gasteiger partial charge in [-0.2, -0.15) is 0 Å². The Labute approximate surface area is 201 Å². The van der Waals surface area contributed by atoms with Gasteiger partial charge in [0.05, 0.1) is 16.5 Å². The zero-order valence-electron chi connectivity index (χ0n) is 18.6. The summed E-state index contributed by atoms with van der Waals surface area (Å²) in [6, 6.07) is 11.5. The van der Waals surface area contributed by atoms with Gasteiger partial charge in [-0.25, -0.2) is 4.39 Å². The van der Waals surface area contributed by atoms with Gasteiger partial charge in [-0.1, -0.05) is 11.6 Å². The van der Waals surface area contributed by atoms with Crippen LogP contribution >= 0.6 is 11.6 Å². The van der Waals surface area contributed by atoms with Gasteiger partial charge in [-0.15, -0.1) is 0 Å². The number of nitrogens with zero attached hydrogens (tertiary/aromatic N) is 2. The van der Waals surface area contributed by atoms with Crippen molar-refractivity contribution in [1.82, 2.24) is 9.88 Å². The molecule has 1 spiro atoms. The molecule has 2 aliphatic rings. The summed E-state index contributed by atoms with van der Waals surface area (Å²) in [5.41, 5.74) is 1.91. The minimum atomic E-state index is -0.774. The van der Waals surface area contributed by atoms with E-state index in [1.54, 1.807) is 36.2 Å². The molecule has 1 amide bonds. The van der Waals surface area contributed by atoms with Crippen LogP contribution in [0.25, 0.3) is 22.0 Å². The van der Waals surface area contributed by atoms with Crippen LogP contribution in [0.5, 0.6) is 5.75 Å². The van der Waals surface area contributed by atoms with Crippen molar-refractivity contribution >= 4 is 34.4 Å². The standard InChI is InChI=1S/C26H24ClFN2O4/c1-15(24(31)30-10-2-8-26(14-30)13-21(26)25(32)33)34-17-4-6-20-18(7-9-29-23(20)12-17)19-5-3-16(28)11-22(19)27/h3-7,9,11-12,15,21H,2,8,10,13-14H2,1H3,(H,32,33). The van der Waals surface area contributed by atoms with Gasteiger partial charge in [0.15, 0.2) is 6.10 Å². The summed E-state index contributed by atoms with van der Waals surface area (Å²) in [7, 11) is 0. The number of rotatable bonds is 5. The molecule has 2 fully saturated rings. The Morgan fingerprint density at radius 2 is 2.06 bits per heavy atom. The zero-order valence-corrected chi connectivity index (χ0v) is 19.4. The third kappa shape index (κ3) is 4.09. The number of aromatic nitrogens is 1. The monoisotopic (exact) mass is 482 g/mol. The molecule has 5 rings (SSSR count). The van der Waals surface area contributed by atoms with Gasteiger partial charge in [0.25, 0.3) is 5.91 Å². The Hall–Kier alpha value is -3.19. The molecule has 0 bridgehead atoms. The molecule has 3 aromatic rings. The van der Waals surface area contributed by atoms with Gasteiger partial charge in [-0.05, 0) is 68.1 Å². The summed E-state index contributed by atoms with van der Waals surface area (Å²) in [6.45, 7) is 2.79. The molecule has 1 N–H and O–H groups in total. The average Bonchev–Trinajstić information content (AvgIpc) is 3.51. The molecule has 34 heavy (non-hydrogen) atoms. The van der Waals surface area contributed by atoms with Crippen LogP contribution in [0, 0.1) is 17.2 Å². The molecule has 2 heterocycles. The van der Waals surface area contributed by atoms with Gasteiger partial charge in [0.1, 0.15) is 11.6 Å². The summed E-state index contributed by atoms with van der Waals surface area (Å²) in [6.07, 6.45) is 3.22. The number of hydrogen-bond donors (Lipinski definition) is 1. The number of ether oxygens (including phenoxy) is 1. The van der Waals surface area contributed by atoms with E-state index in [0.717, 1.165) is 23.8 Å². The molecule has 1 aromatic heterocycles. The lowest BCUT2D eigenvalue weighted by atomic mass is 9.92. The van der Waals surface area contributed by atoms with Gasteiger partial charge in [-0.3, -0.25) is 14.6 Å². The molecular weight excluding hydrogens is 459 g/mol. The van der Waals surface area contributed by atoms with Crippen molar-refractivity contribution in [3.63, 3.8) is 0 Å². The number of likely N-dealkylation sites (tertiary alicyclic amines) is 1. The minimum Gasteiger partial charge on any atom is -0.481 e. The number of pyridine rings is 1. The van der Waals surface area contributed by atoms with Crippen molar-refractivity contribution in [1.29, 1.82) is 0 Å². The third-order valence-corrected chi connectivity index (χ3v) is 7.32. The maximum atomic E-state index is 13.5. The molecule has 3 atom stereocenters. The number of benzene rings is 2. The molecule has 1 saturated carbocycles. The van der Waals surface area contributed by atoms with Crippen molar-refractivity contribution in [3.8, 4) is 16.9 Å². The van der Waals surface area contributed by atoms with E-state index in [-0.39, 0.29) is 17.2 Å². The van der Waals surface area contributed by atoms with E-state index in [9.17, 15) is 19.1 Å². The minimum absolute atomic E-state index is 0.144. The molecule has 1 saturated heterocycles. The van der Waals surface area contributed by atoms with E-state index in [0.29, 0.717) is 41.4 Å². The zero-order chi connectivity index (χ0) is 24.0. The van der Waals surface area contributed by atoms with Crippen molar-refractivity contribution in [3.05, 3.63) is 59.5 Å². The summed E-state index contributed by atoms with van der Waals surface area (Å²) in [5.74, 6) is -1.17. The second-order valence-corrected chi connectivity index (χ2v) is 9.65. The van der Waals surface area contributed by atoms with Crippen molar-refractivity contribution in [2.45, 2.75) is 32.3 Å². The van der Waals surface area contributed by atoms with Crippen LogP contribution in [-0.4, -0.2) is 46.1 Å². The van der Waals surface area contributed by atoms with Gasteiger partial charge in [0.2, 0.25) is 0 Å². The van der Waals surface area contributed by atoms with Crippen LogP contribution in [0.2, 0.25) is 5.02 Å². The maximum Gasteiger partial charge on any atom is 0.307 e. The quantitative estimate of drug-likeness (QED) is 0.542. The van der Waals surface area contributed by atoms with E-state index in [1.165, 1.54) is 12.1 Å². The molecule has 1 aliphatic heterocycles. The van der Waals surface area contributed by atoms with Crippen LogP contribution < -0.4 is 4.74 Å². The molecule has 1 aliphatic carbocycles. The Balaban J connectivity index is 1.33. The van der Waals surface area contributed by atoms with Gasteiger partial charge in [0, 0.05) is 41.7 Å². The van der Waals surface area contributed by atoms with Crippen molar-refractivity contribution < 1.29 is 23.8 Å². The van der Waals surface area contributed by atoms with Gasteiger partial charge >= 0.3 is 5.97 Å². The molecule has 176 valence electrons. The first-order chi connectivity index (χ1) is 16.3. The first-order valence-corrected chi connectivity index (χ1v) is 11.7. The topological polar surface area (TPSA) is 79.7 Å². The second kappa shape index (κ2) is 8.55. The molecule has 0 radical (unpaired) electrons. The number of carboxylic acids is 1. The highest BCUT2D eigenvalue weighted by molar-refractivity contribution is 6.33. The number of carbonyl (C=O) groups is 2. The Kier molecular flexibility index (Phi) is 5.68. The van der Waals surface area contributed by atoms with Crippen LogP contribution in [0.15, 0.2) is 48.7 Å². The first-order valence-electron chi connectivity index (χ1n) is 11.3. The predicted molar refractivity (Wildman–Crippen MR) is 126 cm³/mol. The average molecular weight is 483 g/mol. The number of aliphatic carboxylic acids is 1. The lowest BCUT2D eigenvalue weighted by Crippen LogP contribution is -2.47. The molecular formula is C26H24ClFN2O4. The fraction of sp³-hybridized carbons (Fsp3) is 0.346. The van der Waals surface area contributed by atoms with E-state index in [4.69, 9.17) is 16.3 Å². The van der Waals surface area contributed by atoms with Crippen LogP contribution in [0.4, 0.5) is 4.39 Å². The highest BCUT2D eigenvalue weighted by Gasteiger charge is 2.60. The van der Waals surface area contributed by atoms with E-state index in [1.807, 2.05) is 12.1 Å². The fourth-order valence-electron chi connectivity index (χ4n) is 5.15. The first kappa shape index (κ1) is 22.6. The number of hydrogen-bond acceptors (Lipinski definition) is 4. The number of amides is 1.